The quantitative estimate of drug-likeness (QED) is 0.859. The molecule has 2 amide bonds. The Hall–Kier alpha value is -1.82. The summed E-state index contributed by atoms with van der Waals surface area (Å²) < 4.78 is 0. The number of para-hydroxylation sites is 1. The van der Waals surface area contributed by atoms with Gasteiger partial charge in [-0.15, -0.1) is 0 Å². The number of amidine groups is 1. The van der Waals surface area contributed by atoms with Crippen molar-refractivity contribution in [1.82, 2.24) is 4.90 Å². The topological polar surface area (TPSA) is 53.0 Å². The Kier molecular flexibility index (Phi) is 4.60. The van der Waals surface area contributed by atoms with Crippen molar-refractivity contribution in [2.24, 2.45) is 4.99 Å². The van der Waals surface area contributed by atoms with Crippen molar-refractivity contribution >= 4 is 34.4 Å². The van der Waals surface area contributed by atoms with Crippen molar-refractivity contribution in [3.05, 3.63) is 29.8 Å². The number of carbonyl (C=O) groups is 2. The van der Waals surface area contributed by atoms with Crippen molar-refractivity contribution in [3.63, 3.8) is 0 Å². The zero-order valence-corrected chi connectivity index (χ0v) is 14.4. The summed E-state index contributed by atoms with van der Waals surface area (Å²) in [5.41, 5.74) is 1.39. The molecule has 0 N–H and O–H groups in total. The standard InChI is InChI=1S/C16H21N3O2S/c1-11(20)19-14(21)16(2,3)17-15(19)22-10-12-8-6-7-9-13(12)18(4)5/h6-9H,10H2,1-5H3. The molecule has 1 aliphatic rings. The Morgan fingerprint density at radius 2 is 1.95 bits per heavy atom. The van der Waals surface area contributed by atoms with E-state index in [0.717, 1.165) is 11.3 Å². The molecular weight excluding hydrogens is 298 g/mol. The van der Waals surface area contributed by atoms with Crippen molar-refractivity contribution in [3.8, 4) is 0 Å². The lowest BCUT2D eigenvalue weighted by molar-refractivity contribution is -0.139. The molecule has 22 heavy (non-hydrogen) atoms. The molecule has 118 valence electrons. The highest BCUT2D eigenvalue weighted by Crippen LogP contribution is 2.30. The van der Waals surface area contributed by atoms with Gasteiger partial charge < -0.3 is 4.90 Å². The number of hydrogen-bond donors (Lipinski definition) is 0. The van der Waals surface area contributed by atoms with E-state index >= 15 is 0 Å². The Labute approximate surface area is 135 Å². The van der Waals surface area contributed by atoms with Crippen molar-refractivity contribution in [1.29, 1.82) is 0 Å². The first-order valence-electron chi connectivity index (χ1n) is 7.07. The molecule has 0 atom stereocenters. The lowest BCUT2D eigenvalue weighted by Crippen LogP contribution is -2.41. The summed E-state index contributed by atoms with van der Waals surface area (Å²) in [7, 11) is 3.98. The van der Waals surface area contributed by atoms with E-state index in [0.29, 0.717) is 10.9 Å². The number of amides is 2. The van der Waals surface area contributed by atoms with Gasteiger partial charge in [0.1, 0.15) is 5.54 Å². The Balaban J connectivity index is 2.21. The van der Waals surface area contributed by atoms with Crippen LogP contribution in [0.2, 0.25) is 0 Å². The van der Waals surface area contributed by atoms with Gasteiger partial charge in [0.25, 0.3) is 5.91 Å². The molecule has 5 nitrogen and oxygen atoms in total. The minimum Gasteiger partial charge on any atom is -0.377 e. The lowest BCUT2D eigenvalue weighted by Gasteiger charge is -2.19. The Morgan fingerprint density at radius 3 is 2.55 bits per heavy atom. The number of carbonyl (C=O) groups excluding carboxylic acids is 2. The molecule has 0 fully saturated rings. The number of nitrogens with zero attached hydrogens (tertiary/aromatic N) is 3. The Bertz CT molecular complexity index is 638. The third-order valence-electron chi connectivity index (χ3n) is 3.44. The smallest absolute Gasteiger partial charge is 0.262 e. The summed E-state index contributed by atoms with van der Waals surface area (Å²) in [5, 5.41) is 0.482. The molecule has 0 radical (unpaired) electrons. The van der Waals surface area contributed by atoms with Crippen LogP contribution in [0.4, 0.5) is 5.69 Å². The van der Waals surface area contributed by atoms with E-state index in [-0.39, 0.29) is 11.8 Å². The van der Waals surface area contributed by atoms with Crippen LogP contribution in [0, 0.1) is 0 Å². The fourth-order valence-corrected chi connectivity index (χ4v) is 3.45. The van der Waals surface area contributed by atoms with Gasteiger partial charge in [0, 0.05) is 32.5 Å². The zero-order chi connectivity index (χ0) is 16.5. The van der Waals surface area contributed by atoms with Crippen LogP contribution in [0.1, 0.15) is 26.3 Å². The first kappa shape index (κ1) is 16.5. The van der Waals surface area contributed by atoms with Gasteiger partial charge >= 0.3 is 0 Å². The van der Waals surface area contributed by atoms with Gasteiger partial charge in [-0.3, -0.25) is 9.59 Å². The van der Waals surface area contributed by atoms with E-state index in [9.17, 15) is 9.59 Å². The molecule has 1 aliphatic heterocycles. The summed E-state index contributed by atoms with van der Waals surface area (Å²) >= 11 is 1.42. The number of imide groups is 1. The number of anilines is 1. The molecule has 1 aromatic carbocycles. The predicted molar refractivity (Wildman–Crippen MR) is 91.1 cm³/mol. The molecule has 6 heteroatoms. The van der Waals surface area contributed by atoms with Crippen LogP contribution in [0.3, 0.4) is 0 Å². The third-order valence-corrected chi connectivity index (χ3v) is 4.43. The molecular formula is C16H21N3O2S. The van der Waals surface area contributed by atoms with Crippen molar-refractivity contribution in [2.75, 3.05) is 19.0 Å². The van der Waals surface area contributed by atoms with E-state index in [4.69, 9.17) is 0 Å². The predicted octanol–water partition coefficient (Wildman–Crippen LogP) is 2.51. The third kappa shape index (κ3) is 3.16. The van der Waals surface area contributed by atoms with Gasteiger partial charge in [-0.25, -0.2) is 9.89 Å². The monoisotopic (exact) mass is 319 g/mol. The van der Waals surface area contributed by atoms with Gasteiger partial charge in [-0.2, -0.15) is 0 Å². The average Bonchev–Trinajstić information content (AvgIpc) is 2.67. The van der Waals surface area contributed by atoms with Gasteiger partial charge in [0.05, 0.1) is 0 Å². The molecule has 1 heterocycles. The molecule has 0 aromatic heterocycles. The van der Waals surface area contributed by atoms with Crippen LogP contribution in [0.5, 0.6) is 0 Å². The fraction of sp³-hybridized carbons (Fsp3) is 0.438. The number of thioether (sulfide) groups is 1. The summed E-state index contributed by atoms with van der Waals surface area (Å²) in [4.78, 5) is 31.6. The molecule has 0 bridgehead atoms. The molecule has 0 spiro atoms. The highest BCUT2D eigenvalue weighted by Gasteiger charge is 2.43. The zero-order valence-electron chi connectivity index (χ0n) is 13.6. The SMILES string of the molecule is CC(=O)N1C(=O)C(C)(C)N=C1SCc1ccccc1N(C)C. The summed E-state index contributed by atoms with van der Waals surface area (Å²) in [6.45, 7) is 4.85. The van der Waals surface area contributed by atoms with Gasteiger partial charge in [-0.05, 0) is 25.5 Å². The maximum atomic E-state index is 12.2. The molecule has 0 aliphatic carbocycles. The molecule has 0 unspecified atom stereocenters. The summed E-state index contributed by atoms with van der Waals surface area (Å²) in [6.07, 6.45) is 0. The van der Waals surface area contributed by atoms with Crippen molar-refractivity contribution < 1.29 is 9.59 Å². The van der Waals surface area contributed by atoms with Gasteiger partial charge in [-0.1, -0.05) is 30.0 Å². The first-order chi connectivity index (χ1) is 10.2. The van der Waals surface area contributed by atoms with Crippen LogP contribution in [-0.4, -0.2) is 41.5 Å². The normalized spacial score (nSPS) is 16.7. The average molecular weight is 319 g/mol. The van der Waals surface area contributed by atoms with Crippen LogP contribution in [0.25, 0.3) is 0 Å². The second kappa shape index (κ2) is 6.12. The minimum absolute atomic E-state index is 0.261. The minimum atomic E-state index is -0.866. The van der Waals surface area contributed by atoms with E-state index in [1.807, 2.05) is 43.3 Å². The Morgan fingerprint density at radius 1 is 1.32 bits per heavy atom. The first-order valence-corrected chi connectivity index (χ1v) is 8.05. The van der Waals surface area contributed by atoms with Crippen LogP contribution >= 0.6 is 11.8 Å². The van der Waals surface area contributed by atoms with E-state index in [1.165, 1.54) is 23.6 Å². The maximum absolute atomic E-state index is 12.2. The highest BCUT2D eigenvalue weighted by molar-refractivity contribution is 8.13. The van der Waals surface area contributed by atoms with Crippen LogP contribution < -0.4 is 4.90 Å². The largest absolute Gasteiger partial charge is 0.377 e. The van der Waals surface area contributed by atoms with Gasteiger partial charge in [0.15, 0.2) is 5.17 Å². The number of hydrogen-bond acceptors (Lipinski definition) is 5. The van der Waals surface area contributed by atoms with E-state index < -0.39 is 5.54 Å². The number of benzene rings is 1. The van der Waals surface area contributed by atoms with Gasteiger partial charge in [0.2, 0.25) is 5.91 Å². The van der Waals surface area contributed by atoms with E-state index in [1.54, 1.807) is 13.8 Å². The van der Waals surface area contributed by atoms with Crippen molar-refractivity contribution in [2.45, 2.75) is 32.1 Å². The second-order valence-corrected chi connectivity index (χ2v) is 6.87. The maximum Gasteiger partial charge on any atom is 0.262 e. The summed E-state index contributed by atoms with van der Waals surface area (Å²) in [6, 6.07) is 8.06. The molecule has 1 aromatic rings. The van der Waals surface area contributed by atoms with Crippen LogP contribution in [0.15, 0.2) is 29.3 Å². The summed E-state index contributed by atoms with van der Waals surface area (Å²) in [5.74, 6) is 0.103. The molecule has 0 saturated heterocycles. The number of aliphatic imine (C=N–C) groups is 1. The molecule has 0 saturated carbocycles. The highest BCUT2D eigenvalue weighted by atomic mass is 32.2. The van der Waals surface area contributed by atoms with E-state index in [2.05, 4.69) is 4.99 Å². The lowest BCUT2D eigenvalue weighted by atomic mass is 10.1. The molecule has 2 rings (SSSR count). The second-order valence-electron chi connectivity index (χ2n) is 5.92. The fourth-order valence-electron chi connectivity index (χ4n) is 2.28. The van der Waals surface area contributed by atoms with Crippen LogP contribution in [-0.2, 0) is 15.3 Å². The number of rotatable bonds is 3.